The molecule has 17 heavy (non-hydrogen) atoms. The Labute approximate surface area is 101 Å². The third kappa shape index (κ3) is 1.39. The number of fused-ring (bicyclic) bond motifs is 1. The van der Waals surface area contributed by atoms with Gasteiger partial charge in [-0.15, -0.1) is 0 Å². The van der Waals surface area contributed by atoms with Crippen molar-refractivity contribution in [3.63, 3.8) is 0 Å². The molecule has 0 amide bonds. The molecule has 1 aromatic heterocycles. The zero-order chi connectivity index (χ0) is 11.9. The highest BCUT2D eigenvalue weighted by molar-refractivity contribution is 5.85. The van der Waals surface area contributed by atoms with E-state index in [-0.39, 0.29) is 5.41 Å². The predicted molar refractivity (Wildman–Crippen MR) is 68.7 cm³/mol. The first-order chi connectivity index (χ1) is 8.27. The van der Waals surface area contributed by atoms with E-state index in [0.717, 1.165) is 12.8 Å². The van der Waals surface area contributed by atoms with Crippen LogP contribution >= 0.6 is 0 Å². The summed E-state index contributed by atoms with van der Waals surface area (Å²) in [5.74, 6) is 0. The van der Waals surface area contributed by atoms with Crippen molar-refractivity contribution in [2.24, 2.45) is 7.05 Å². The lowest BCUT2D eigenvalue weighted by molar-refractivity contribution is 0.576. The van der Waals surface area contributed by atoms with Crippen molar-refractivity contribution in [1.29, 1.82) is 5.26 Å². The maximum absolute atomic E-state index is 9.58. The van der Waals surface area contributed by atoms with E-state index >= 15 is 0 Å². The van der Waals surface area contributed by atoms with E-state index in [1.807, 2.05) is 0 Å². The van der Waals surface area contributed by atoms with Crippen molar-refractivity contribution in [3.05, 3.63) is 36.0 Å². The van der Waals surface area contributed by atoms with E-state index in [4.69, 9.17) is 0 Å². The lowest BCUT2D eigenvalue weighted by Crippen LogP contribution is -2.18. The van der Waals surface area contributed by atoms with E-state index in [0.29, 0.717) is 0 Å². The number of para-hydroxylation sites is 1. The Morgan fingerprint density at radius 2 is 1.94 bits per heavy atom. The van der Waals surface area contributed by atoms with Crippen LogP contribution in [0.2, 0.25) is 0 Å². The molecule has 1 heterocycles. The van der Waals surface area contributed by atoms with Crippen LogP contribution in [0.4, 0.5) is 0 Å². The van der Waals surface area contributed by atoms with Gasteiger partial charge in [-0.25, -0.2) is 0 Å². The topological polar surface area (TPSA) is 28.7 Å². The molecule has 3 rings (SSSR count). The van der Waals surface area contributed by atoms with Gasteiger partial charge in [-0.2, -0.15) is 5.26 Å². The molecule has 1 fully saturated rings. The van der Waals surface area contributed by atoms with Gasteiger partial charge in [-0.3, -0.25) is 0 Å². The second kappa shape index (κ2) is 3.63. The fourth-order valence-corrected chi connectivity index (χ4v) is 3.14. The smallest absolute Gasteiger partial charge is 0.0843 e. The number of aryl methyl sites for hydroxylation is 1. The van der Waals surface area contributed by atoms with Crippen LogP contribution in [-0.4, -0.2) is 4.57 Å². The summed E-state index contributed by atoms with van der Waals surface area (Å²) in [5.41, 5.74) is 2.22. The van der Waals surface area contributed by atoms with Crippen LogP contribution in [0, 0.1) is 11.3 Å². The van der Waals surface area contributed by atoms with E-state index in [1.165, 1.54) is 29.3 Å². The average molecular weight is 224 g/mol. The Kier molecular flexibility index (Phi) is 2.22. The molecule has 2 aromatic rings. The third-order valence-electron chi connectivity index (χ3n) is 4.08. The predicted octanol–water partition coefficient (Wildman–Crippen LogP) is 3.51. The molecule has 1 aliphatic carbocycles. The van der Waals surface area contributed by atoms with Gasteiger partial charge in [0, 0.05) is 24.1 Å². The summed E-state index contributed by atoms with van der Waals surface area (Å²) in [6.45, 7) is 0. The maximum atomic E-state index is 9.58. The van der Waals surface area contributed by atoms with Crippen LogP contribution in [0.1, 0.15) is 31.2 Å². The minimum absolute atomic E-state index is 0.235. The second-order valence-electron chi connectivity index (χ2n) is 5.07. The van der Waals surface area contributed by atoms with Crippen molar-refractivity contribution >= 4 is 10.9 Å². The van der Waals surface area contributed by atoms with Gasteiger partial charge in [-0.05, 0) is 24.5 Å². The molecule has 0 atom stereocenters. The molecule has 0 radical (unpaired) electrons. The molecule has 1 aromatic carbocycles. The van der Waals surface area contributed by atoms with Gasteiger partial charge < -0.3 is 4.57 Å². The summed E-state index contributed by atoms with van der Waals surface area (Å²) in [6.07, 6.45) is 6.53. The third-order valence-corrected chi connectivity index (χ3v) is 4.08. The van der Waals surface area contributed by atoms with Crippen LogP contribution in [0.15, 0.2) is 30.5 Å². The minimum Gasteiger partial charge on any atom is -0.350 e. The van der Waals surface area contributed by atoms with Crippen LogP contribution in [0.25, 0.3) is 10.9 Å². The summed E-state index contributed by atoms with van der Waals surface area (Å²) >= 11 is 0. The Hall–Kier alpha value is -1.75. The largest absolute Gasteiger partial charge is 0.350 e. The van der Waals surface area contributed by atoms with Crippen molar-refractivity contribution in [3.8, 4) is 6.07 Å². The number of nitrogens with zero attached hydrogens (tertiary/aromatic N) is 2. The summed E-state index contributed by atoms with van der Waals surface area (Å²) in [7, 11) is 2.06. The molecule has 0 bridgehead atoms. The number of nitriles is 1. The number of hydrogen-bond acceptors (Lipinski definition) is 1. The standard InChI is InChI=1S/C15H16N2/c1-17-10-13(12-6-2-3-7-14(12)17)15(11-16)8-4-5-9-15/h2-3,6-7,10H,4-5,8-9H2,1H3. The lowest BCUT2D eigenvalue weighted by atomic mass is 9.80. The van der Waals surface area contributed by atoms with Crippen LogP contribution < -0.4 is 0 Å². The molecule has 0 spiro atoms. The summed E-state index contributed by atoms with van der Waals surface area (Å²) in [5, 5.41) is 10.8. The van der Waals surface area contributed by atoms with E-state index in [9.17, 15) is 5.26 Å². The van der Waals surface area contributed by atoms with Gasteiger partial charge in [-0.1, -0.05) is 31.0 Å². The van der Waals surface area contributed by atoms with Gasteiger partial charge in [0.05, 0.1) is 11.5 Å². The lowest BCUT2D eigenvalue weighted by Gasteiger charge is -2.19. The highest BCUT2D eigenvalue weighted by atomic mass is 14.9. The molecule has 2 heteroatoms. The fraction of sp³-hybridized carbons (Fsp3) is 0.400. The van der Waals surface area contributed by atoms with Crippen molar-refractivity contribution in [2.45, 2.75) is 31.1 Å². The zero-order valence-electron chi connectivity index (χ0n) is 10.1. The Morgan fingerprint density at radius 3 is 2.65 bits per heavy atom. The zero-order valence-corrected chi connectivity index (χ0v) is 10.1. The summed E-state index contributed by atoms with van der Waals surface area (Å²) in [6, 6.07) is 11.0. The van der Waals surface area contributed by atoms with Crippen molar-refractivity contribution in [1.82, 2.24) is 4.57 Å². The first kappa shape index (κ1) is 10.4. The van der Waals surface area contributed by atoms with E-state index < -0.39 is 0 Å². The normalized spacial score (nSPS) is 18.4. The maximum Gasteiger partial charge on any atom is 0.0843 e. The quantitative estimate of drug-likeness (QED) is 0.728. The molecule has 0 saturated heterocycles. The summed E-state index contributed by atoms with van der Waals surface area (Å²) < 4.78 is 2.14. The number of rotatable bonds is 1. The number of benzene rings is 1. The molecular formula is C15H16N2. The van der Waals surface area contributed by atoms with E-state index in [2.05, 4.69) is 48.1 Å². The van der Waals surface area contributed by atoms with Gasteiger partial charge >= 0.3 is 0 Å². The van der Waals surface area contributed by atoms with Crippen LogP contribution in [-0.2, 0) is 12.5 Å². The molecule has 86 valence electrons. The first-order valence-corrected chi connectivity index (χ1v) is 6.23. The SMILES string of the molecule is Cn1cc(C2(C#N)CCCC2)c2ccccc21. The van der Waals surface area contributed by atoms with Gasteiger partial charge in [0.2, 0.25) is 0 Å². The Bertz CT molecular complexity index is 595. The van der Waals surface area contributed by atoms with Crippen LogP contribution in [0.3, 0.4) is 0 Å². The molecule has 0 unspecified atom stereocenters. The molecule has 2 nitrogen and oxygen atoms in total. The first-order valence-electron chi connectivity index (χ1n) is 6.23. The van der Waals surface area contributed by atoms with Gasteiger partial charge in [0.15, 0.2) is 0 Å². The molecule has 1 aliphatic rings. The molecular weight excluding hydrogens is 208 g/mol. The Morgan fingerprint density at radius 1 is 1.24 bits per heavy atom. The van der Waals surface area contributed by atoms with Gasteiger partial charge in [0.25, 0.3) is 0 Å². The molecule has 1 saturated carbocycles. The Balaban J connectivity index is 2.28. The highest BCUT2D eigenvalue weighted by Crippen LogP contribution is 2.43. The molecule has 0 N–H and O–H groups in total. The van der Waals surface area contributed by atoms with Crippen molar-refractivity contribution in [2.75, 3.05) is 0 Å². The average Bonchev–Trinajstić information content (AvgIpc) is 2.96. The monoisotopic (exact) mass is 224 g/mol. The number of hydrogen-bond donors (Lipinski definition) is 0. The number of aromatic nitrogens is 1. The van der Waals surface area contributed by atoms with E-state index in [1.54, 1.807) is 0 Å². The van der Waals surface area contributed by atoms with Crippen molar-refractivity contribution < 1.29 is 0 Å². The molecule has 0 aliphatic heterocycles. The van der Waals surface area contributed by atoms with Crippen LogP contribution in [0.5, 0.6) is 0 Å². The highest BCUT2D eigenvalue weighted by Gasteiger charge is 2.37. The fourth-order valence-electron chi connectivity index (χ4n) is 3.14. The summed E-state index contributed by atoms with van der Waals surface area (Å²) in [4.78, 5) is 0. The minimum atomic E-state index is -0.235. The second-order valence-corrected chi connectivity index (χ2v) is 5.07. The van der Waals surface area contributed by atoms with Gasteiger partial charge in [0.1, 0.15) is 0 Å².